The highest BCUT2D eigenvalue weighted by atomic mass is 19.1. The molecule has 1 aromatic heterocycles. The summed E-state index contributed by atoms with van der Waals surface area (Å²) in [6.07, 6.45) is -0.702. The molecule has 1 N–H and O–H groups in total. The Labute approximate surface area is 225 Å². The topological polar surface area (TPSA) is 43.4 Å². The van der Waals surface area contributed by atoms with Gasteiger partial charge in [0.15, 0.2) is 5.82 Å². The van der Waals surface area contributed by atoms with E-state index in [-0.39, 0.29) is 5.82 Å². The summed E-state index contributed by atoms with van der Waals surface area (Å²) in [7, 11) is 0. The first-order valence-electron chi connectivity index (χ1n) is 13.2. The SMILES string of the molecule is CCOC(OCC)c1cc(NC(c2ccccc2)(c2ccccc2)c2ccccc2)c(F)c(C(C)(C)C)n1. The fourth-order valence-corrected chi connectivity index (χ4v) is 4.76. The summed E-state index contributed by atoms with van der Waals surface area (Å²) in [6, 6.07) is 32.2. The van der Waals surface area contributed by atoms with Gasteiger partial charge in [-0.3, -0.25) is 0 Å². The quantitative estimate of drug-likeness (QED) is 0.173. The lowest BCUT2D eigenvalue weighted by atomic mass is 9.76. The molecule has 0 unspecified atom stereocenters. The minimum Gasteiger partial charge on any atom is -0.365 e. The second-order valence-corrected chi connectivity index (χ2v) is 10.2. The Balaban J connectivity index is 2.02. The molecule has 0 radical (unpaired) electrons. The number of ether oxygens (including phenoxy) is 2. The molecule has 38 heavy (non-hydrogen) atoms. The molecule has 0 saturated heterocycles. The van der Waals surface area contributed by atoms with Gasteiger partial charge in [-0.1, -0.05) is 112 Å². The van der Waals surface area contributed by atoms with Crippen LogP contribution >= 0.6 is 0 Å². The molecule has 198 valence electrons. The third-order valence-corrected chi connectivity index (χ3v) is 6.51. The Morgan fingerprint density at radius 3 is 1.53 bits per heavy atom. The number of benzene rings is 3. The Morgan fingerprint density at radius 2 is 1.16 bits per heavy atom. The van der Waals surface area contributed by atoms with E-state index in [1.165, 1.54) is 0 Å². The first kappa shape index (κ1) is 27.5. The van der Waals surface area contributed by atoms with Crippen LogP contribution in [0.1, 0.15) is 69.0 Å². The fraction of sp³-hybridized carbons (Fsp3) is 0.303. The molecule has 0 saturated carbocycles. The second-order valence-electron chi connectivity index (χ2n) is 10.2. The van der Waals surface area contributed by atoms with E-state index in [2.05, 4.69) is 41.7 Å². The van der Waals surface area contributed by atoms with Gasteiger partial charge in [-0.05, 0) is 36.6 Å². The van der Waals surface area contributed by atoms with E-state index in [1.807, 2.05) is 89.2 Å². The Kier molecular flexibility index (Phi) is 8.60. The van der Waals surface area contributed by atoms with Crippen LogP contribution in [0, 0.1) is 5.82 Å². The summed E-state index contributed by atoms with van der Waals surface area (Å²) in [5.41, 5.74) is 2.74. The summed E-state index contributed by atoms with van der Waals surface area (Å²) < 4.78 is 28.2. The molecule has 4 aromatic rings. The first-order valence-corrected chi connectivity index (χ1v) is 13.2. The van der Waals surface area contributed by atoms with Gasteiger partial charge in [0.1, 0.15) is 5.54 Å². The van der Waals surface area contributed by atoms with Gasteiger partial charge >= 0.3 is 0 Å². The molecule has 0 bridgehead atoms. The van der Waals surface area contributed by atoms with E-state index in [1.54, 1.807) is 6.07 Å². The van der Waals surface area contributed by atoms with Crippen LogP contribution in [0.15, 0.2) is 97.1 Å². The van der Waals surface area contributed by atoms with Crippen molar-refractivity contribution >= 4 is 5.69 Å². The molecular weight excluding hydrogens is 475 g/mol. The summed E-state index contributed by atoms with van der Waals surface area (Å²) in [5.74, 6) is -0.389. The van der Waals surface area contributed by atoms with E-state index >= 15 is 4.39 Å². The van der Waals surface area contributed by atoms with Crippen LogP contribution in [0.25, 0.3) is 0 Å². The van der Waals surface area contributed by atoms with Gasteiger partial charge in [-0.15, -0.1) is 0 Å². The van der Waals surface area contributed by atoms with Crippen molar-refractivity contribution in [2.45, 2.75) is 51.9 Å². The van der Waals surface area contributed by atoms with Crippen molar-refractivity contribution in [3.63, 3.8) is 0 Å². The Morgan fingerprint density at radius 1 is 0.737 bits per heavy atom. The summed E-state index contributed by atoms with van der Waals surface area (Å²) in [4.78, 5) is 4.73. The van der Waals surface area contributed by atoms with Gasteiger partial charge in [-0.2, -0.15) is 0 Å². The van der Waals surface area contributed by atoms with E-state index in [0.717, 1.165) is 16.7 Å². The van der Waals surface area contributed by atoms with Crippen LogP contribution in [0.3, 0.4) is 0 Å². The lowest BCUT2D eigenvalue weighted by Crippen LogP contribution is -2.39. The average molecular weight is 513 g/mol. The number of nitrogens with one attached hydrogen (secondary N) is 1. The fourth-order valence-electron chi connectivity index (χ4n) is 4.76. The molecule has 3 aromatic carbocycles. The third kappa shape index (κ3) is 5.64. The maximum absolute atomic E-state index is 16.5. The zero-order valence-electron chi connectivity index (χ0n) is 22.9. The molecule has 0 fully saturated rings. The van der Waals surface area contributed by atoms with Crippen molar-refractivity contribution in [1.29, 1.82) is 0 Å². The largest absolute Gasteiger partial charge is 0.365 e. The molecule has 4 rings (SSSR count). The highest BCUT2D eigenvalue weighted by Crippen LogP contribution is 2.42. The number of hydrogen-bond donors (Lipinski definition) is 1. The van der Waals surface area contributed by atoms with Crippen molar-refractivity contribution in [2.75, 3.05) is 18.5 Å². The number of anilines is 1. The summed E-state index contributed by atoms with van der Waals surface area (Å²) in [5, 5.41) is 3.68. The van der Waals surface area contributed by atoms with Crippen molar-refractivity contribution in [1.82, 2.24) is 4.98 Å². The molecule has 5 heteroatoms. The molecule has 4 nitrogen and oxygen atoms in total. The summed E-state index contributed by atoms with van der Waals surface area (Å²) in [6.45, 7) is 10.6. The van der Waals surface area contributed by atoms with E-state index in [0.29, 0.717) is 30.3 Å². The number of hydrogen-bond acceptors (Lipinski definition) is 4. The smallest absolute Gasteiger partial charge is 0.201 e. The number of pyridine rings is 1. The van der Waals surface area contributed by atoms with Crippen LogP contribution in [0.5, 0.6) is 0 Å². The van der Waals surface area contributed by atoms with Crippen LogP contribution in [0.2, 0.25) is 0 Å². The average Bonchev–Trinajstić information content (AvgIpc) is 2.93. The summed E-state index contributed by atoms with van der Waals surface area (Å²) >= 11 is 0. The molecule has 0 amide bonds. The van der Waals surface area contributed by atoms with Crippen molar-refractivity contribution < 1.29 is 13.9 Å². The third-order valence-electron chi connectivity index (χ3n) is 6.51. The van der Waals surface area contributed by atoms with Gasteiger partial charge in [0.2, 0.25) is 6.29 Å². The van der Waals surface area contributed by atoms with Gasteiger partial charge in [0.05, 0.1) is 17.1 Å². The molecule has 0 aliphatic rings. The number of rotatable bonds is 10. The highest BCUT2D eigenvalue weighted by molar-refractivity contribution is 5.61. The molecule has 1 heterocycles. The number of aromatic nitrogens is 1. The predicted molar refractivity (Wildman–Crippen MR) is 152 cm³/mol. The van der Waals surface area contributed by atoms with Crippen molar-refractivity contribution in [3.05, 3.63) is 131 Å². The van der Waals surface area contributed by atoms with Crippen LogP contribution in [-0.2, 0) is 20.4 Å². The molecule has 0 aliphatic heterocycles. The van der Waals surface area contributed by atoms with Gasteiger partial charge in [0.25, 0.3) is 0 Å². The monoisotopic (exact) mass is 512 g/mol. The van der Waals surface area contributed by atoms with Crippen LogP contribution in [-0.4, -0.2) is 18.2 Å². The first-order chi connectivity index (χ1) is 18.3. The Hall–Kier alpha value is -3.54. The standard InChI is InChI=1S/C33H37FN2O2/c1-6-37-31(38-7-2)28-23-27(29(34)30(35-28)32(3,4)5)36-33(24-17-11-8-12-18-24,25-19-13-9-14-20-25)26-21-15-10-16-22-26/h8-23,31H,6-7H2,1-5H3,(H,35,36). The molecule has 0 atom stereocenters. The van der Waals surface area contributed by atoms with Crippen molar-refractivity contribution in [2.24, 2.45) is 0 Å². The highest BCUT2D eigenvalue weighted by Gasteiger charge is 2.38. The molecule has 0 aliphatic carbocycles. The predicted octanol–water partition coefficient (Wildman–Crippen LogP) is 7.99. The minimum absolute atomic E-state index is 0.334. The number of nitrogens with zero attached hydrogens (tertiary/aromatic N) is 1. The zero-order chi connectivity index (χ0) is 27.2. The van der Waals surface area contributed by atoms with Gasteiger partial charge in [0, 0.05) is 18.6 Å². The van der Waals surface area contributed by atoms with E-state index < -0.39 is 17.2 Å². The van der Waals surface area contributed by atoms with Crippen LogP contribution in [0.4, 0.5) is 10.1 Å². The lowest BCUT2D eigenvalue weighted by molar-refractivity contribution is -0.142. The van der Waals surface area contributed by atoms with Crippen molar-refractivity contribution in [3.8, 4) is 0 Å². The van der Waals surface area contributed by atoms with Gasteiger partial charge in [-0.25, -0.2) is 9.37 Å². The minimum atomic E-state index is -0.884. The Bertz CT molecular complexity index is 1200. The van der Waals surface area contributed by atoms with E-state index in [4.69, 9.17) is 14.5 Å². The second kappa shape index (κ2) is 11.9. The molecular formula is C33H37FN2O2. The maximum atomic E-state index is 16.5. The van der Waals surface area contributed by atoms with E-state index in [9.17, 15) is 0 Å². The van der Waals surface area contributed by atoms with Crippen LogP contribution < -0.4 is 5.32 Å². The lowest BCUT2D eigenvalue weighted by Gasteiger charge is -2.38. The molecule has 0 spiro atoms. The maximum Gasteiger partial charge on any atom is 0.201 e. The van der Waals surface area contributed by atoms with Gasteiger partial charge < -0.3 is 14.8 Å². The zero-order valence-corrected chi connectivity index (χ0v) is 22.9. The normalized spacial score (nSPS) is 12.1. The number of halogens is 1.